The van der Waals surface area contributed by atoms with Gasteiger partial charge in [-0.3, -0.25) is 0 Å². The van der Waals surface area contributed by atoms with Gasteiger partial charge in [-0.05, 0) is 48.2 Å². The second-order valence-corrected chi connectivity index (χ2v) is 10.2. The molecule has 0 aromatic heterocycles. The van der Waals surface area contributed by atoms with Gasteiger partial charge in [0.05, 0.1) is 33.0 Å². The first kappa shape index (κ1) is 28.7. The number of benzene rings is 2. The summed E-state index contributed by atoms with van der Waals surface area (Å²) in [5.41, 5.74) is 8.67. The standard InChI is InChI=1S/C29H39N3O7/c1-29(2)37-20-23-17-22(10-11-25(23)39-29)26-18-32(28(34)38-26)12-5-3-4-6-13-35-14-15-36-19-21-8-7-9-24(16-21)31-27(30)33/h7-11,16-17,26H,3-6,12-15,18-20H2,1-2H3,(H3,30,31,33). The number of fused-ring (bicyclic) bond motifs is 1. The molecule has 2 aromatic rings. The van der Waals surface area contributed by atoms with Crippen LogP contribution >= 0.6 is 0 Å². The molecular formula is C29H39N3O7. The van der Waals surface area contributed by atoms with Crippen LogP contribution in [0, 0.1) is 0 Å². The molecule has 3 N–H and O–H groups in total. The zero-order chi connectivity index (χ0) is 27.7. The van der Waals surface area contributed by atoms with E-state index in [0.29, 0.717) is 51.8 Å². The number of urea groups is 1. The molecule has 2 aliphatic heterocycles. The maximum atomic E-state index is 12.4. The van der Waals surface area contributed by atoms with Gasteiger partial charge in [0.25, 0.3) is 0 Å². The summed E-state index contributed by atoms with van der Waals surface area (Å²) in [5, 5.41) is 2.55. The minimum absolute atomic E-state index is 0.259. The van der Waals surface area contributed by atoms with Crippen LogP contribution < -0.4 is 15.8 Å². The number of primary amides is 1. The van der Waals surface area contributed by atoms with E-state index in [1.165, 1.54) is 0 Å². The first-order valence-corrected chi connectivity index (χ1v) is 13.5. The van der Waals surface area contributed by atoms with Gasteiger partial charge in [0, 0.05) is 38.2 Å². The lowest BCUT2D eigenvalue weighted by molar-refractivity contribution is -0.180. The van der Waals surface area contributed by atoms with Gasteiger partial charge in [0.1, 0.15) is 11.9 Å². The molecule has 0 bridgehead atoms. The van der Waals surface area contributed by atoms with Gasteiger partial charge in [-0.2, -0.15) is 0 Å². The zero-order valence-electron chi connectivity index (χ0n) is 22.8. The SMILES string of the molecule is CC1(C)OCc2cc(C3CN(CCCCCCOCCOCc4cccc(NC(N)=O)c4)C(=O)O3)ccc2O1. The smallest absolute Gasteiger partial charge is 0.410 e. The summed E-state index contributed by atoms with van der Waals surface area (Å²) in [5.74, 6) is 0.183. The number of anilines is 1. The van der Waals surface area contributed by atoms with Gasteiger partial charge in [-0.15, -0.1) is 0 Å². The quantitative estimate of drug-likeness (QED) is 0.319. The number of nitrogens with two attached hydrogens (primary N) is 1. The molecule has 2 aromatic carbocycles. The van der Waals surface area contributed by atoms with Crippen molar-refractivity contribution < 1.29 is 33.3 Å². The summed E-state index contributed by atoms with van der Waals surface area (Å²) in [6.07, 6.45) is 3.41. The molecular weight excluding hydrogens is 502 g/mol. The highest BCUT2D eigenvalue weighted by molar-refractivity contribution is 5.87. The van der Waals surface area contributed by atoms with E-state index in [-0.39, 0.29) is 12.2 Å². The van der Waals surface area contributed by atoms with E-state index in [9.17, 15) is 9.59 Å². The molecule has 1 unspecified atom stereocenters. The normalized spacial score (nSPS) is 17.8. The third-order valence-corrected chi connectivity index (χ3v) is 6.58. The fraction of sp³-hybridized carbons (Fsp3) is 0.517. The number of carbonyl (C=O) groups is 2. The van der Waals surface area contributed by atoms with Crippen LogP contribution in [0.2, 0.25) is 0 Å². The van der Waals surface area contributed by atoms with E-state index in [0.717, 1.165) is 48.1 Å². The van der Waals surface area contributed by atoms with Gasteiger partial charge in [-0.1, -0.05) is 31.0 Å². The highest BCUT2D eigenvalue weighted by Crippen LogP contribution is 2.35. The summed E-state index contributed by atoms with van der Waals surface area (Å²) >= 11 is 0. The Labute approximate surface area is 229 Å². The number of amides is 3. The third kappa shape index (κ3) is 8.84. The van der Waals surface area contributed by atoms with Crippen LogP contribution in [0.15, 0.2) is 42.5 Å². The van der Waals surface area contributed by atoms with Gasteiger partial charge >= 0.3 is 12.1 Å². The van der Waals surface area contributed by atoms with Gasteiger partial charge < -0.3 is 39.6 Å². The Balaban J connectivity index is 1.03. The van der Waals surface area contributed by atoms with Crippen molar-refractivity contribution in [1.29, 1.82) is 0 Å². The predicted octanol–water partition coefficient (Wildman–Crippen LogP) is 5.11. The lowest BCUT2D eigenvalue weighted by Crippen LogP contribution is -2.35. The van der Waals surface area contributed by atoms with E-state index in [4.69, 9.17) is 29.4 Å². The number of nitrogens with one attached hydrogen (secondary N) is 1. The minimum Gasteiger partial charge on any atom is -0.463 e. The van der Waals surface area contributed by atoms with Crippen LogP contribution in [0.5, 0.6) is 5.75 Å². The lowest BCUT2D eigenvalue weighted by Gasteiger charge is -2.32. The number of rotatable bonds is 14. The number of hydrogen-bond acceptors (Lipinski definition) is 7. The Hall–Kier alpha value is -3.34. The van der Waals surface area contributed by atoms with Crippen molar-refractivity contribution in [3.05, 3.63) is 59.2 Å². The molecule has 212 valence electrons. The molecule has 1 saturated heterocycles. The second kappa shape index (κ2) is 13.6. The van der Waals surface area contributed by atoms with Crippen LogP contribution in [0.1, 0.15) is 62.3 Å². The zero-order valence-corrected chi connectivity index (χ0v) is 22.8. The van der Waals surface area contributed by atoms with Crippen molar-refractivity contribution in [3.8, 4) is 5.75 Å². The van der Waals surface area contributed by atoms with Crippen molar-refractivity contribution in [2.75, 3.05) is 38.2 Å². The van der Waals surface area contributed by atoms with E-state index in [2.05, 4.69) is 5.32 Å². The molecule has 3 amide bonds. The summed E-state index contributed by atoms with van der Waals surface area (Å²) in [4.78, 5) is 25.1. The molecule has 0 aliphatic carbocycles. The molecule has 0 saturated carbocycles. The van der Waals surface area contributed by atoms with E-state index in [1.54, 1.807) is 11.0 Å². The van der Waals surface area contributed by atoms with Crippen LogP contribution in [0.25, 0.3) is 0 Å². The average molecular weight is 542 g/mol. The molecule has 1 fully saturated rings. The first-order chi connectivity index (χ1) is 18.8. The maximum absolute atomic E-state index is 12.4. The molecule has 39 heavy (non-hydrogen) atoms. The third-order valence-electron chi connectivity index (χ3n) is 6.58. The summed E-state index contributed by atoms with van der Waals surface area (Å²) in [6.45, 7) is 7.63. The van der Waals surface area contributed by atoms with Crippen LogP contribution in [-0.2, 0) is 32.2 Å². The largest absolute Gasteiger partial charge is 0.463 e. The Kier molecular flexibility index (Phi) is 10.0. The van der Waals surface area contributed by atoms with Crippen molar-refractivity contribution in [3.63, 3.8) is 0 Å². The second-order valence-electron chi connectivity index (χ2n) is 10.2. The summed E-state index contributed by atoms with van der Waals surface area (Å²) in [6, 6.07) is 12.7. The average Bonchev–Trinajstić information content (AvgIpc) is 3.26. The molecule has 2 aliphatic rings. The van der Waals surface area contributed by atoms with Crippen molar-refractivity contribution in [2.24, 2.45) is 5.73 Å². The molecule has 2 heterocycles. The van der Waals surface area contributed by atoms with Gasteiger partial charge in [-0.25, -0.2) is 9.59 Å². The lowest BCUT2D eigenvalue weighted by atomic mass is 10.0. The fourth-order valence-corrected chi connectivity index (χ4v) is 4.57. The number of cyclic esters (lactones) is 1. The Morgan fingerprint density at radius 1 is 1.08 bits per heavy atom. The maximum Gasteiger partial charge on any atom is 0.410 e. The molecule has 10 heteroatoms. The first-order valence-electron chi connectivity index (χ1n) is 13.5. The number of carbonyl (C=O) groups excluding carboxylic acids is 2. The van der Waals surface area contributed by atoms with E-state index >= 15 is 0 Å². The van der Waals surface area contributed by atoms with E-state index in [1.807, 2.05) is 50.2 Å². The van der Waals surface area contributed by atoms with Crippen molar-refractivity contribution in [2.45, 2.75) is 64.6 Å². The Morgan fingerprint density at radius 2 is 1.90 bits per heavy atom. The summed E-state index contributed by atoms with van der Waals surface area (Å²) in [7, 11) is 0. The van der Waals surface area contributed by atoms with Crippen molar-refractivity contribution >= 4 is 17.8 Å². The molecule has 1 atom stereocenters. The fourth-order valence-electron chi connectivity index (χ4n) is 4.57. The molecule has 10 nitrogen and oxygen atoms in total. The molecule has 0 radical (unpaired) electrons. The molecule has 0 spiro atoms. The van der Waals surface area contributed by atoms with Crippen molar-refractivity contribution in [1.82, 2.24) is 4.90 Å². The van der Waals surface area contributed by atoms with Crippen LogP contribution in [0.4, 0.5) is 15.3 Å². The predicted molar refractivity (Wildman–Crippen MR) is 145 cm³/mol. The number of hydrogen-bond donors (Lipinski definition) is 2. The molecule has 4 rings (SSSR count). The minimum atomic E-state index is -0.632. The Morgan fingerprint density at radius 3 is 2.74 bits per heavy atom. The van der Waals surface area contributed by atoms with Gasteiger partial charge in [0.15, 0.2) is 0 Å². The number of nitrogens with zero attached hydrogens (tertiary/aromatic N) is 1. The van der Waals surface area contributed by atoms with Crippen LogP contribution in [0.3, 0.4) is 0 Å². The number of unbranched alkanes of at least 4 members (excludes halogenated alkanes) is 3. The summed E-state index contributed by atoms with van der Waals surface area (Å²) < 4.78 is 28.5. The monoisotopic (exact) mass is 541 g/mol. The highest BCUT2D eigenvalue weighted by Gasteiger charge is 2.33. The Bertz CT molecular complexity index is 1120. The van der Waals surface area contributed by atoms with Crippen LogP contribution in [-0.4, -0.2) is 55.7 Å². The highest BCUT2D eigenvalue weighted by atomic mass is 16.7. The number of ether oxygens (including phenoxy) is 5. The van der Waals surface area contributed by atoms with E-state index < -0.39 is 11.8 Å². The topological polar surface area (TPSA) is 122 Å². The van der Waals surface area contributed by atoms with Gasteiger partial charge in [0.2, 0.25) is 5.79 Å².